The van der Waals surface area contributed by atoms with Gasteiger partial charge in [0.15, 0.2) is 5.82 Å². The summed E-state index contributed by atoms with van der Waals surface area (Å²) in [5.41, 5.74) is 1.39. The first-order valence-electron chi connectivity index (χ1n) is 10.7. The summed E-state index contributed by atoms with van der Waals surface area (Å²) in [6.07, 6.45) is 2.41. The van der Waals surface area contributed by atoms with Crippen molar-refractivity contribution in [3.05, 3.63) is 69.9 Å². The summed E-state index contributed by atoms with van der Waals surface area (Å²) in [6, 6.07) is 14.5. The average molecular weight is 420 g/mol. The lowest BCUT2D eigenvalue weighted by molar-refractivity contribution is 0.00217. The van der Waals surface area contributed by atoms with E-state index in [1.165, 1.54) is 29.7 Å². The van der Waals surface area contributed by atoms with E-state index in [4.69, 9.17) is 4.98 Å². The standard InChI is InChI=1S/C23H25N5OS/c29-22(19-7-4-10-30-19)28-14-23(15-28)13-27(11-16-5-2-1-3-6-16)12-18(23)21-24-20(25-26-21)17-8-9-17/h1-7,10,17-18H,8-9,11-15H2,(H,24,25,26). The first kappa shape index (κ1) is 18.3. The highest BCUT2D eigenvalue weighted by Crippen LogP contribution is 2.49. The Morgan fingerprint density at radius 1 is 1.13 bits per heavy atom. The van der Waals surface area contributed by atoms with Crippen LogP contribution in [0, 0.1) is 5.41 Å². The summed E-state index contributed by atoms with van der Waals surface area (Å²) < 4.78 is 0. The highest BCUT2D eigenvalue weighted by atomic mass is 32.1. The smallest absolute Gasteiger partial charge is 0.263 e. The Labute approximate surface area is 179 Å². The number of amides is 1. The average Bonchev–Trinajstić information content (AvgIpc) is 3.14. The van der Waals surface area contributed by atoms with Gasteiger partial charge in [0.1, 0.15) is 5.82 Å². The summed E-state index contributed by atoms with van der Waals surface area (Å²) >= 11 is 1.52. The lowest BCUT2D eigenvalue weighted by Gasteiger charge is -2.50. The van der Waals surface area contributed by atoms with Crippen molar-refractivity contribution in [1.29, 1.82) is 0 Å². The number of benzene rings is 1. The SMILES string of the molecule is O=C(c1cccs1)N1CC2(CN(Cc3ccccc3)CC2c2nc(C3CC3)n[nH]2)C1. The summed E-state index contributed by atoms with van der Waals surface area (Å²) in [5, 5.41) is 9.75. The van der Waals surface area contributed by atoms with Crippen molar-refractivity contribution in [2.75, 3.05) is 26.2 Å². The molecule has 1 aromatic carbocycles. The van der Waals surface area contributed by atoms with Gasteiger partial charge in [-0.1, -0.05) is 36.4 Å². The summed E-state index contributed by atoms with van der Waals surface area (Å²) in [4.78, 5) is 23.1. The maximum absolute atomic E-state index is 12.8. The molecule has 154 valence electrons. The van der Waals surface area contributed by atoms with Crippen LogP contribution >= 0.6 is 11.3 Å². The monoisotopic (exact) mass is 419 g/mol. The van der Waals surface area contributed by atoms with Crippen LogP contribution in [0.25, 0.3) is 0 Å². The number of likely N-dealkylation sites (tertiary alicyclic amines) is 2. The third-order valence-corrected chi connectivity index (χ3v) is 7.65. The van der Waals surface area contributed by atoms with Gasteiger partial charge in [-0.05, 0) is 29.9 Å². The van der Waals surface area contributed by atoms with Crippen molar-refractivity contribution < 1.29 is 4.79 Å². The van der Waals surface area contributed by atoms with Gasteiger partial charge in [0.25, 0.3) is 5.91 Å². The molecule has 7 heteroatoms. The molecule has 1 aliphatic carbocycles. The highest BCUT2D eigenvalue weighted by molar-refractivity contribution is 7.12. The molecule has 2 aliphatic heterocycles. The van der Waals surface area contributed by atoms with E-state index in [1.807, 2.05) is 22.4 Å². The van der Waals surface area contributed by atoms with E-state index in [-0.39, 0.29) is 17.2 Å². The minimum Gasteiger partial charge on any atom is -0.337 e. The van der Waals surface area contributed by atoms with Gasteiger partial charge in [-0.15, -0.1) is 11.3 Å². The molecule has 2 saturated heterocycles. The molecular formula is C23H25N5OS. The van der Waals surface area contributed by atoms with Gasteiger partial charge in [0.05, 0.1) is 4.88 Å². The molecule has 1 atom stereocenters. The van der Waals surface area contributed by atoms with E-state index in [9.17, 15) is 4.79 Å². The third kappa shape index (κ3) is 3.17. The Morgan fingerprint density at radius 2 is 1.97 bits per heavy atom. The van der Waals surface area contributed by atoms with Gasteiger partial charge in [-0.3, -0.25) is 14.8 Å². The number of nitrogens with zero attached hydrogens (tertiary/aromatic N) is 4. The van der Waals surface area contributed by atoms with Crippen LogP contribution in [-0.2, 0) is 6.54 Å². The number of hydrogen-bond acceptors (Lipinski definition) is 5. The molecule has 30 heavy (non-hydrogen) atoms. The van der Waals surface area contributed by atoms with Crippen LogP contribution in [0.5, 0.6) is 0 Å². The van der Waals surface area contributed by atoms with Gasteiger partial charge in [0, 0.05) is 50.0 Å². The van der Waals surface area contributed by atoms with Crippen molar-refractivity contribution in [1.82, 2.24) is 25.0 Å². The second-order valence-corrected chi connectivity index (χ2v) is 10.0. The number of carbonyl (C=O) groups is 1. The van der Waals surface area contributed by atoms with Gasteiger partial charge in [0.2, 0.25) is 0 Å². The molecule has 1 N–H and O–H groups in total. The van der Waals surface area contributed by atoms with Crippen LogP contribution < -0.4 is 0 Å². The predicted molar refractivity (Wildman–Crippen MR) is 115 cm³/mol. The Morgan fingerprint density at radius 3 is 2.70 bits per heavy atom. The molecule has 6 rings (SSSR count). The molecule has 0 bridgehead atoms. The van der Waals surface area contributed by atoms with Gasteiger partial charge >= 0.3 is 0 Å². The fourth-order valence-corrected chi connectivity index (χ4v) is 5.80. The molecule has 2 aromatic heterocycles. The number of aromatic amines is 1. The zero-order chi connectivity index (χ0) is 20.1. The number of carbonyl (C=O) groups excluding carboxylic acids is 1. The molecular weight excluding hydrogens is 394 g/mol. The topological polar surface area (TPSA) is 65.1 Å². The maximum Gasteiger partial charge on any atom is 0.263 e. The lowest BCUT2D eigenvalue weighted by atomic mass is 9.71. The van der Waals surface area contributed by atoms with Crippen LogP contribution in [-0.4, -0.2) is 57.1 Å². The van der Waals surface area contributed by atoms with E-state index in [2.05, 4.69) is 45.4 Å². The fourth-order valence-electron chi connectivity index (χ4n) is 5.11. The quantitative estimate of drug-likeness (QED) is 0.688. The van der Waals surface area contributed by atoms with E-state index in [1.54, 1.807) is 0 Å². The number of hydrogen-bond donors (Lipinski definition) is 1. The van der Waals surface area contributed by atoms with Crippen LogP contribution in [0.2, 0.25) is 0 Å². The summed E-state index contributed by atoms with van der Waals surface area (Å²) in [5.74, 6) is 2.98. The van der Waals surface area contributed by atoms with Gasteiger partial charge < -0.3 is 4.90 Å². The molecule has 1 unspecified atom stereocenters. The van der Waals surface area contributed by atoms with Crippen molar-refractivity contribution in [3.8, 4) is 0 Å². The first-order chi connectivity index (χ1) is 14.7. The number of nitrogens with one attached hydrogen (secondary N) is 1. The normalized spacial score (nSPS) is 23.1. The molecule has 3 aliphatic rings. The number of rotatable bonds is 5. The number of thiophene rings is 1. The van der Waals surface area contributed by atoms with Gasteiger partial charge in [-0.2, -0.15) is 5.10 Å². The second-order valence-electron chi connectivity index (χ2n) is 9.06. The molecule has 0 radical (unpaired) electrons. The van der Waals surface area contributed by atoms with Crippen LogP contribution in [0.15, 0.2) is 47.8 Å². The van der Waals surface area contributed by atoms with Crippen molar-refractivity contribution in [2.24, 2.45) is 5.41 Å². The first-order valence-corrected chi connectivity index (χ1v) is 11.6. The Bertz CT molecular complexity index is 1040. The van der Waals surface area contributed by atoms with Crippen molar-refractivity contribution in [2.45, 2.75) is 31.2 Å². The van der Waals surface area contributed by atoms with Crippen LogP contribution in [0.1, 0.15) is 51.6 Å². The summed E-state index contributed by atoms with van der Waals surface area (Å²) in [7, 11) is 0. The minimum atomic E-state index is 0.0576. The maximum atomic E-state index is 12.8. The fraction of sp³-hybridized carbons (Fsp3) is 0.435. The van der Waals surface area contributed by atoms with Crippen molar-refractivity contribution >= 4 is 17.2 Å². The van der Waals surface area contributed by atoms with Crippen molar-refractivity contribution in [3.63, 3.8) is 0 Å². The zero-order valence-corrected chi connectivity index (χ0v) is 17.6. The largest absolute Gasteiger partial charge is 0.337 e. The van der Waals surface area contributed by atoms with E-state index < -0.39 is 0 Å². The molecule has 4 heterocycles. The third-order valence-electron chi connectivity index (χ3n) is 6.79. The molecule has 3 fully saturated rings. The predicted octanol–water partition coefficient (Wildman–Crippen LogP) is 3.49. The zero-order valence-electron chi connectivity index (χ0n) is 16.8. The number of H-pyrrole nitrogens is 1. The molecule has 1 spiro atoms. The Hall–Kier alpha value is -2.51. The van der Waals surface area contributed by atoms with Crippen LogP contribution in [0.4, 0.5) is 0 Å². The molecule has 3 aromatic rings. The summed E-state index contributed by atoms with van der Waals surface area (Å²) in [6.45, 7) is 4.45. The van der Waals surface area contributed by atoms with E-state index in [0.717, 1.165) is 49.2 Å². The molecule has 6 nitrogen and oxygen atoms in total. The van der Waals surface area contributed by atoms with E-state index >= 15 is 0 Å². The number of aromatic nitrogens is 3. The Balaban J connectivity index is 1.24. The molecule has 1 amide bonds. The Kier molecular flexibility index (Phi) is 4.28. The molecule has 1 saturated carbocycles. The van der Waals surface area contributed by atoms with Crippen LogP contribution in [0.3, 0.4) is 0 Å². The van der Waals surface area contributed by atoms with Gasteiger partial charge in [-0.25, -0.2) is 4.98 Å². The van der Waals surface area contributed by atoms with E-state index in [0.29, 0.717) is 5.92 Å². The highest BCUT2D eigenvalue weighted by Gasteiger charge is 2.57. The second kappa shape index (κ2) is 7.03. The lowest BCUT2D eigenvalue weighted by Crippen LogP contribution is -2.61. The minimum absolute atomic E-state index is 0.0576.